The van der Waals surface area contributed by atoms with E-state index in [2.05, 4.69) is 30.9 Å². The quantitative estimate of drug-likeness (QED) is 0.818. The Bertz CT molecular complexity index is 402. The van der Waals surface area contributed by atoms with Crippen molar-refractivity contribution >= 4 is 17.1 Å². The molecule has 3 nitrogen and oxygen atoms in total. The number of nitrogens with zero attached hydrogens (tertiary/aromatic N) is 1. The Morgan fingerprint density at radius 1 is 1.44 bits per heavy atom. The van der Waals surface area contributed by atoms with Crippen LogP contribution < -0.4 is 0 Å². The van der Waals surface area contributed by atoms with E-state index in [0.717, 1.165) is 30.9 Å². The van der Waals surface area contributed by atoms with Crippen molar-refractivity contribution in [2.24, 2.45) is 0 Å². The Labute approximate surface area is 113 Å². The fourth-order valence-electron chi connectivity index (χ4n) is 2.18. The molecule has 1 atom stereocenters. The van der Waals surface area contributed by atoms with Gasteiger partial charge in [-0.25, -0.2) is 0 Å². The number of thiophene rings is 1. The van der Waals surface area contributed by atoms with Crippen LogP contribution in [0.15, 0.2) is 12.1 Å². The number of ketones is 1. The van der Waals surface area contributed by atoms with Crippen molar-refractivity contribution < 1.29 is 9.53 Å². The number of carbonyl (C=O) groups excluding carboxylic acids is 1. The van der Waals surface area contributed by atoms with Gasteiger partial charge in [0.05, 0.1) is 6.61 Å². The van der Waals surface area contributed by atoms with E-state index in [0.29, 0.717) is 13.0 Å². The lowest BCUT2D eigenvalue weighted by Crippen LogP contribution is -2.46. The summed E-state index contributed by atoms with van der Waals surface area (Å²) in [7, 11) is 0. The summed E-state index contributed by atoms with van der Waals surface area (Å²) in [6, 6.07) is 4.19. The lowest BCUT2D eigenvalue weighted by molar-refractivity contribution is -0.135. The van der Waals surface area contributed by atoms with Gasteiger partial charge in [0, 0.05) is 29.3 Å². The number of Topliss-reactive ketones (excluding diaryl/α,β-unsaturated/α-hetero) is 1. The predicted molar refractivity (Wildman–Crippen MR) is 74.3 cm³/mol. The van der Waals surface area contributed by atoms with Crippen molar-refractivity contribution in [2.45, 2.75) is 32.8 Å². The molecule has 1 saturated heterocycles. The van der Waals surface area contributed by atoms with Gasteiger partial charge in [0.2, 0.25) is 0 Å². The molecule has 0 bridgehead atoms. The molecule has 18 heavy (non-hydrogen) atoms. The summed E-state index contributed by atoms with van der Waals surface area (Å²) >= 11 is 1.74. The highest BCUT2D eigenvalue weighted by atomic mass is 32.1. The maximum atomic E-state index is 12.2. The Balaban J connectivity index is 1.90. The molecule has 0 amide bonds. The van der Waals surface area contributed by atoms with Crippen molar-refractivity contribution in [3.8, 4) is 0 Å². The molecule has 2 heterocycles. The van der Waals surface area contributed by atoms with Gasteiger partial charge in [0.25, 0.3) is 0 Å². The van der Waals surface area contributed by atoms with E-state index in [-0.39, 0.29) is 11.9 Å². The number of ether oxygens (including phenoxy) is 1. The minimum absolute atomic E-state index is 0.220. The molecular formula is C14H21NO2S. The molecule has 0 spiro atoms. The molecule has 1 aromatic heterocycles. The van der Waals surface area contributed by atoms with Gasteiger partial charge in [-0.15, -0.1) is 11.3 Å². The number of hydrogen-bond acceptors (Lipinski definition) is 4. The van der Waals surface area contributed by atoms with Crippen LogP contribution in [0.25, 0.3) is 0 Å². The van der Waals surface area contributed by atoms with E-state index in [1.165, 1.54) is 4.88 Å². The number of likely N-dealkylation sites (N-methyl/N-ethyl adjacent to an activating group) is 1. The zero-order valence-electron chi connectivity index (χ0n) is 11.1. The molecule has 100 valence electrons. The van der Waals surface area contributed by atoms with Crippen LogP contribution in [0, 0.1) is 0 Å². The first-order valence-corrected chi connectivity index (χ1v) is 7.48. The topological polar surface area (TPSA) is 29.5 Å². The average Bonchev–Trinajstić information content (AvgIpc) is 2.86. The number of morpholine rings is 1. The maximum absolute atomic E-state index is 12.2. The molecule has 0 aliphatic carbocycles. The summed E-state index contributed by atoms with van der Waals surface area (Å²) in [6.45, 7) is 7.63. The summed E-state index contributed by atoms with van der Waals surface area (Å²) in [5.41, 5.74) is 0. The van der Waals surface area contributed by atoms with Crippen molar-refractivity contribution in [3.05, 3.63) is 21.9 Å². The van der Waals surface area contributed by atoms with Gasteiger partial charge in [0.1, 0.15) is 6.10 Å². The molecule has 1 aliphatic rings. The zero-order valence-corrected chi connectivity index (χ0v) is 12.0. The minimum Gasteiger partial charge on any atom is -0.368 e. The molecule has 1 aliphatic heterocycles. The fourth-order valence-corrected chi connectivity index (χ4v) is 3.15. The smallest absolute Gasteiger partial charge is 0.168 e. The van der Waals surface area contributed by atoms with Gasteiger partial charge in [-0.3, -0.25) is 9.69 Å². The number of aryl methyl sites for hydroxylation is 1. The van der Waals surface area contributed by atoms with E-state index in [1.807, 2.05) is 0 Å². The van der Waals surface area contributed by atoms with E-state index < -0.39 is 0 Å². The Hall–Kier alpha value is -0.710. The molecule has 4 heteroatoms. The lowest BCUT2D eigenvalue weighted by atomic mass is 10.1. The molecule has 0 saturated carbocycles. The summed E-state index contributed by atoms with van der Waals surface area (Å²) in [6.07, 6.45) is 1.33. The molecule has 1 unspecified atom stereocenters. The maximum Gasteiger partial charge on any atom is 0.168 e. The van der Waals surface area contributed by atoms with Gasteiger partial charge in [-0.05, 0) is 25.1 Å². The first-order chi connectivity index (χ1) is 8.72. The lowest BCUT2D eigenvalue weighted by Gasteiger charge is -2.31. The second kappa shape index (κ2) is 6.45. The first-order valence-electron chi connectivity index (χ1n) is 6.67. The minimum atomic E-state index is -0.231. The fraction of sp³-hybridized carbons (Fsp3) is 0.643. The SMILES string of the molecule is CCc1ccc(CC(=O)C2CN(CC)CCO2)s1. The molecular weight excluding hydrogens is 246 g/mol. The Morgan fingerprint density at radius 2 is 2.22 bits per heavy atom. The summed E-state index contributed by atoms with van der Waals surface area (Å²) in [4.78, 5) is 17.0. The molecule has 0 radical (unpaired) electrons. The van der Waals surface area contributed by atoms with Crippen LogP contribution in [0.4, 0.5) is 0 Å². The zero-order chi connectivity index (χ0) is 13.0. The van der Waals surface area contributed by atoms with E-state index >= 15 is 0 Å². The average molecular weight is 267 g/mol. The van der Waals surface area contributed by atoms with Crippen molar-refractivity contribution in [2.75, 3.05) is 26.2 Å². The standard InChI is InChI=1S/C14H21NO2S/c1-3-11-5-6-12(18-11)9-13(16)14-10-15(4-2)7-8-17-14/h5-6,14H,3-4,7-10H2,1-2H3. The van der Waals surface area contributed by atoms with Gasteiger partial charge in [-0.1, -0.05) is 13.8 Å². The largest absolute Gasteiger partial charge is 0.368 e. The van der Waals surface area contributed by atoms with Crippen molar-refractivity contribution in [1.29, 1.82) is 0 Å². The van der Waals surface area contributed by atoms with Crippen LogP contribution in [0.2, 0.25) is 0 Å². The first kappa shape index (κ1) is 13.7. The molecule has 2 rings (SSSR count). The van der Waals surface area contributed by atoms with Gasteiger partial charge in [0.15, 0.2) is 5.78 Å². The van der Waals surface area contributed by atoms with Gasteiger partial charge < -0.3 is 4.74 Å². The van der Waals surface area contributed by atoms with E-state index in [1.54, 1.807) is 11.3 Å². The van der Waals surface area contributed by atoms with Crippen LogP contribution in [-0.4, -0.2) is 43.0 Å². The second-order valence-electron chi connectivity index (χ2n) is 4.62. The normalized spacial score (nSPS) is 21.1. The summed E-state index contributed by atoms with van der Waals surface area (Å²) in [5.74, 6) is 0.220. The third-order valence-electron chi connectivity index (χ3n) is 3.37. The molecule has 1 fully saturated rings. The van der Waals surface area contributed by atoms with Crippen LogP contribution in [-0.2, 0) is 22.4 Å². The molecule has 1 aromatic rings. The van der Waals surface area contributed by atoms with Crippen LogP contribution >= 0.6 is 11.3 Å². The number of carbonyl (C=O) groups is 1. The van der Waals surface area contributed by atoms with Crippen LogP contribution in [0.5, 0.6) is 0 Å². The van der Waals surface area contributed by atoms with E-state index in [4.69, 9.17) is 4.74 Å². The van der Waals surface area contributed by atoms with Crippen molar-refractivity contribution in [1.82, 2.24) is 4.90 Å². The van der Waals surface area contributed by atoms with Crippen molar-refractivity contribution in [3.63, 3.8) is 0 Å². The molecule has 0 N–H and O–H groups in total. The van der Waals surface area contributed by atoms with Crippen LogP contribution in [0.1, 0.15) is 23.6 Å². The number of hydrogen-bond donors (Lipinski definition) is 0. The third-order valence-corrected chi connectivity index (χ3v) is 4.60. The van der Waals surface area contributed by atoms with Crippen LogP contribution in [0.3, 0.4) is 0 Å². The third kappa shape index (κ3) is 3.40. The van der Waals surface area contributed by atoms with Gasteiger partial charge >= 0.3 is 0 Å². The summed E-state index contributed by atoms with van der Waals surface area (Å²) < 4.78 is 5.59. The molecule has 0 aromatic carbocycles. The highest BCUT2D eigenvalue weighted by Gasteiger charge is 2.25. The van der Waals surface area contributed by atoms with E-state index in [9.17, 15) is 4.79 Å². The second-order valence-corrected chi connectivity index (χ2v) is 5.87. The Kier molecular flexibility index (Phi) is 4.92. The summed E-state index contributed by atoms with van der Waals surface area (Å²) in [5, 5.41) is 0. The number of rotatable bonds is 5. The highest BCUT2D eigenvalue weighted by molar-refractivity contribution is 7.12. The highest BCUT2D eigenvalue weighted by Crippen LogP contribution is 2.19. The Morgan fingerprint density at radius 3 is 2.89 bits per heavy atom. The predicted octanol–water partition coefficient (Wildman–Crippen LogP) is 2.14. The monoisotopic (exact) mass is 267 g/mol. The van der Waals surface area contributed by atoms with Gasteiger partial charge in [-0.2, -0.15) is 0 Å².